The molecule has 0 bridgehead atoms. The van der Waals surface area contributed by atoms with Gasteiger partial charge in [-0.25, -0.2) is 0 Å². The average molecular weight is 231 g/mol. The summed E-state index contributed by atoms with van der Waals surface area (Å²) < 4.78 is 6.28. The molecule has 0 saturated carbocycles. The van der Waals surface area contributed by atoms with Crippen LogP contribution in [0.4, 0.5) is 0 Å². The van der Waals surface area contributed by atoms with Gasteiger partial charge in [-0.1, -0.05) is 11.6 Å². The summed E-state index contributed by atoms with van der Waals surface area (Å²) in [6, 6.07) is 3.92. The van der Waals surface area contributed by atoms with Gasteiger partial charge in [0.2, 0.25) is 0 Å². The van der Waals surface area contributed by atoms with E-state index in [-0.39, 0.29) is 0 Å². The molecule has 0 aliphatic heterocycles. The minimum atomic E-state index is 0.613. The van der Waals surface area contributed by atoms with Crippen LogP contribution >= 0.6 is 35.6 Å². The van der Waals surface area contributed by atoms with Gasteiger partial charge < -0.3 is 4.74 Å². The van der Waals surface area contributed by atoms with Crippen LogP contribution in [-0.4, -0.2) is 7.11 Å². The second kappa shape index (κ2) is 3.40. The second-order valence-electron chi connectivity index (χ2n) is 2.57. The highest BCUT2D eigenvalue weighted by atomic mass is 35.5. The zero-order valence-electron chi connectivity index (χ0n) is 6.87. The number of benzene rings is 1. The first-order valence-electron chi connectivity index (χ1n) is 3.66. The van der Waals surface area contributed by atoms with E-state index in [1.165, 1.54) is 0 Å². The van der Waals surface area contributed by atoms with Gasteiger partial charge in [0.05, 0.1) is 17.0 Å². The molecular weight excluding hydrogens is 224 g/mol. The standard InChI is InChI=1S/C9H7ClOS2/c1-11-8-6(10)4-7-5(9(8)12)2-3-13-7/h2-4,12H,1H3. The van der Waals surface area contributed by atoms with E-state index >= 15 is 0 Å². The van der Waals surface area contributed by atoms with Crippen molar-refractivity contribution in [3.63, 3.8) is 0 Å². The maximum Gasteiger partial charge on any atom is 0.151 e. The van der Waals surface area contributed by atoms with E-state index in [9.17, 15) is 0 Å². The second-order valence-corrected chi connectivity index (χ2v) is 4.37. The third kappa shape index (κ3) is 1.41. The molecule has 0 fully saturated rings. The van der Waals surface area contributed by atoms with Crippen molar-refractivity contribution >= 4 is 45.7 Å². The zero-order valence-corrected chi connectivity index (χ0v) is 9.34. The summed E-state index contributed by atoms with van der Waals surface area (Å²) in [5.74, 6) is 0.649. The van der Waals surface area contributed by atoms with E-state index in [0.717, 1.165) is 15.0 Å². The van der Waals surface area contributed by atoms with Crippen LogP contribution in [0.1, 0.15) is 0 Å². The van der Waals surface area contributed by atoms with Crippen LogP contribution in [0.2, 0.25) is 5.02 Å². The molecule has 0 aliphatic rings. The Hall–Kier alpha value is -0.380. The molecule has 2 aromatic rings. The molecule has 0 aliphatic carbocycles. The van der Waals surface area contributed by atoms with Gasteiger partial charge >= 0.3 is 0 Å². The zero-order chi connectivity index (χ0) is 9.42. The third-order valence-corrected chi connectivity index (χ3v) is 3.43. The summed E-state index contributed by atoms with van der Waals surface area (Å²) in [6.07, 6.45) is 0. The van der Waals surface area contributed by atoms with Gasteiger partial charge in [0.25, 0.3) is 0 Å². The van der Waals surface area contributed by atoms with Gasteiger partial charge in [0, 0.05) is 10.1 Å². The van der Waals surface area contributed by atoms with Gasteiger partial charge in [-0.05, 0) is 17.5 Å². The molecule has 0 unspecified atom stereocenters. The highest BCUT2D eigenvalue weighted by molar-refractivity contribution is 7.80. The Morgan fingerprint density at radius 2 is 2.31 bits per heavy atom. The number of thiol groups is 1. The fraction of sp³-hybridized carbons (Fsp3) is 0.111. The lowest BCUT2D eigenvalue weighted by Gasteiger charge is -2.06. The van der Waals surface area contributed by atoms with Crippen LogP contribution in [0, 0.1) is 0 Å². The van der Waals surface area contributed by atoms with Crippen molar-refractivity contribution in [2.24, 2.45) is 0 Å². The Morgan fingerprint density at radius 3 is 3.00 bits per heavy atom. The van der Waals surface area contributed by atoms with Gasteiger partial charge in [-0.3, -0.25) is 0 Å². The number of rotatable bonds is 1. The molecule has 4 heteroatoms. The van der Waals surface area contributed by atoms with Crippen molar-refractivity contribution in [2.75, 3.05) is 7.11 Å². The summed E-state index contributed by atoms with van der Waals surface area (Å²) in [6.45, 7) is 0. The van der Waals surface area contributed by atoms with Crippen LogP contribution in [-0.2, 0) is 0 Å². The minimum absolute atomic E-state index is 0.613. The molecule has 0 amide bonds. The van der Waals surface area contributed by atoms with E-state index < -0.39 is 0 Å². The van der Waals surface area contributed by atoms with Crippen molar-refractivity contribution in [3.05, 3.63) is 22.5 Å². The summed E-state index contributed by atoms with van der Waals surface area (Å²) in [7, 11) is 1.60. The molecule has 1 nitrogen and oxygen atoms in total. The first kappa shape index (κ1) is 9.19. The van der Waals surface area contributed by atoms with Crippen LogP contribution in [0.15, 0.2) is 22.4 Å². The van der Waals surface area contributed by atoms with Crippen LogP contribution in [0.3, 0.4) is 0 Å². The van der Waals surface area contributed by atoms with Crippen molar-refractivity contribution in [2.45, 2.75) is 4.90 Å². The lowest BCUT2D eigenvalue weighted by molar-refractivity contribution is 0.406. The van der Waals surface area contributed by atoms with Gasteiger partial charge in [0.1, 0.15) is 0 Å². The summed E-state index contributed by atoms with van der Waals surface area (Å²) in [4.78, 5) is 0.811. The number of ether oxygens (including phenoxy) is 1. The van der Waals surface area contributed by atoms with Crippen LogP contribution in [0.25, 0.3) is 10.1 Å². The van der Waals surface area contributed by atoms with E-state index in [1.807, 2.05) is 17.5 Å². The van der Waals surface area contributed by atoms with Gasteiger partial charge in [-0.15, -0.1) is 24.0 Å². The van der Waals surface area contributed by atoms with Gasteiger partial charge in [-0.2, -0.15) is 0 Å². The number of halogens is 1. The normalized spacial score (nSPS) is 10.7. The van der Waals surface area contributed by atoms with Crippen molar-refractivity contribution < 1.29 is 4.74 Å². The molecule has 1 aromatic heterocycles. The van der Waals surface area contributed by atoms with Crippen LogP contribution < -0.4 is 4.74 Å². The molecule has 1 heterocycles. The Labute approximate surface area is 90.7 Å². The van der Waals surface area contributed by atoms with Crippen molar-refractivity contribution in [1.29, 1.82) is 0 Å². The smallest absolute Gasteiger partial charge is 0.151 e. The predicted molar refractivity (Wildman–Crippen MR) is 60.6 cm³/mol. The highest BCUT2D eigenvalue weighted by Gasteiger charge is 2.10. The first-order chi connectivity index (χ1) is 6.24. The largest absolute Gasteiger partial charge is 0.494 e. The number of hydrogen-bond donors (Lipinski definition) is 1. The Kier molecular flexibility index (Phi) is 2.41. The summed E-state index contributed by atoms with van der Waals surface area (Å²) >= 11 is 12.0. The van der Waals surface area contributed by atoms with Gasteiger partial charge in [0.15, 0.2) is 5.75 Å². The highest BCUT2D eigenvalue weighted by Crippen LogP contribution is 2.39. The Morgan fingerprint density at radius 1 is 1.54 bits per heavy atom. The molecule has 0 spiro atoms. The maximum absolute atomic E-state index is 6.00. The molecule has 13 heavy (non-hydrogen) atoms. The maximum atomic E-state index is 6.00. The Balaban J connectivity index is 2.85. The average Bonchev–Trinajstić information content (AvgIpc) is 2.53. The fourth-order valence-corrected chi connectivity index (χ4v) is 2.97. The molecule has 2 rings (SSSR count). The van der Waals surface area contributed by atoms with Crippen molar-refractivity contribution in [3.8, 4) is 5.75 Å². The molecular formula is C9H7ClOS2. The molecule has 1 aromatic carbocycles. The quantitative estimate of drug-likeness (QED) is 0.733. The summed E-state index contributed by atoms with van der Waals surface area (Å²) in [5, 5.41) is 3.72. The first-order valence-corrected chi connectivity index (χ1v) is 5.37. The molecule has 68 valence electrons. The lowest BCUT2D eigenvalue weighted by atomic mass is 10.2. The minimum Gasteiger partial charge on any atom is -0.494 e. The van der Waals surface area contributed by atoms with Crippen molar-refractivity contribution in [1.82, 2.24) is 0 Å². The van der Waals surface area contributed by atoms with E-state index in [4.69, 9.17) is 16.3 Å². The monoisotopic (exact) mass is 230 g/mol. The summed E-state index contributed by atoms with van der Waals surface area (Å²) in [5.41, 5.74) is 0. The third-order valence-electron chi connectivity index (χ3n) is 1.84. The Bertz CT molecular complexity index is 450. The number of fused-ring (bicyclic) bond motifs is 1. The molecule has 0 saturated heterocycles. The molecule has 0 radical (unpaired) electrons. The number of hydrogen-bond acceptors (Lipinski definition) is 3. The van der Waals surface area contributed by atoms with Crippen LogP contribution in [0.5, 0.6) is 5.75 Å². The fourth-order valence-electron chi connectivity index (χ4n) is 1.24. The van der Waals surface area contributed by atoms with E-state index in [0.29, 0.717) is 10.8 Å². The topological polar surface area (TPSA) is 9.23 Å². The molecule has 0 N–H and O–H groups in total. The number of thiophene rings is 1. The number of methoxy groups -OCH3 is 1. The van der Waals surface area contributed by atoms with E-state index in [2.05, 4.69) is 12.6 Å². The SMILES string of the molecule is COc1c(Cl)cc2sccc2c1S. The predicted octanol–water partition coefficient (Wildman–Crippen LogP) is 3.85. The van der Waals surface area contributed by atoms with E-state index in [1.54, 1.807) is 18.4 Å². The molecule has 0 atom stereocenters. The lowest BCUT2D eigenvalue weighted by Crippen LogP contribution is -1.85.